The summed E-state index contributed by atoms with van der Waals surface area (Å²) in [6, 6.07) is 9.60. The minimum absolute atomic E-state index is 0.602. The molecule has 3 rings (SSSR count). The third kappa shape index (κ3) is 2.22. The van der Waals surface area contributed by atoms with E-state index < -0.39 is 0 Å². The first kappa shape index (κ1) is 11.5. The fourth-order valence-electron chi connectivity index (χ4n) is 2.04. The molecule has 0 amide bonds. The van der Waals surface area contributed by atoms with Gasteiger partial charge in [0.1, 0.15) is 11.5 Å². The van der Waals surface area contributed by atoms with Gasteiger partial charge < -0.3 is 15.6 Å². The number of aryl methyl sites for hydroxylation is 1. The van der Waals surface area contributed by atoms with Gasteiger partial charge in [-0.05, 0) is 19.1 Å². The lowest BCUT2D eigenvalue weighted by molar-refractivity contribution is 0.391. The summed E-state index contributed by atoms with van der Waals surface area (Å²) < 4.78 is 5.04. The Kier molecular flexibility index (Phi) is 2.79. The Hall–Kier alpha value is -2.56. The molecule has 0 aliphatic carbocycles. The maximum absolute atomic E-state index is 5.92. The normalized spacial score (nSPS) is 10.8. The number of rotatable bonds is 3. The first-order chi connectivity index (χ1) is 9.24. The Morgan fingerprint density at radius 2 is 2.21 bits per heavy atom. The number of pyridine rings is 1. The van der Waals surface area contributed by atoms with Gasteiger partial charge in [-0.3, -0.25) is 4.98 Å². The molecule has 2 aromatic heterocycles. The standard InChI is InChI=1S/C14H14N4O/c1-9-7-10(18-19-9)8-17-13-5-6-16-14-11(13)3-2-4-12(14)15/h2-7H,8,15H2,1H3,(H,16,17). The number of nitrogens with zero attached hydrogens (tertiary/aromatic N) is 2. The van der Waals surface area contributed by atoms with E-state index in [0.29, 0.717) is 12.2 Å². The highest BCUT2D eigenvalue weighted by molar-refractivity contribution is 5.97. The van der Waals surface area contributed by atoms with Crippen LogP contribution < -0.4 is 11.1 Å². The first-order valence-corrected chi connectivity index (χ1v) is 6.03. The molecule has 0 atom stereocenters. The lowest BCUT2D eigenvalue weighted by atomic mass is 10.1. The third-order valence-corrected chi connectivity index (χ3v) is 2.94. The molecule has 0 saturated heterocycles. The zero-order chi connectivity index (χ0) is 13.2. The molecule has 3 N–H and O–H groups in total. The summed E-state index contributed by atoms with van der Waals surface area (Å²) in [5, 5.41) is 8.28. The Balaban J connectivity index is 1.91. The van der Waals surface area contributed by atoms with Crippen LogP contribution in [0.2, 0.25) is 0 Å². The third-order valence-electron chi connectivity index (χ3n) is 2.94. The topological polar surface area (TPSA) is 77.0 Å². The monoisotopic (exact) mass is 254 g/mol. The quantitative estimate of drug-likeness (QED) is 0.703. The van der Waals surface area contributed by atoms with E-state index in [-0.39, 0.29) is 0 Å². The molecule has 0 aliphatic heterocycles. The second-order valence-electron chi connectivity index (χ2n) is 4.38. The Labute approximate surface area is 110 Å². The van der Waals surface area contributed by atoms with Gasteiger partial charge in [0.2, 0.25) is 0 Å². The molecule has 96 valence electrons. The van der Waals surface area contributed by atoms with Crippen LogP contribution in [0.25, 0.3) is 10.9 Å². The molecule has 3 aromatic rings. The van der Waals surface area contributed by atoms with E-state index >= 15 is 0 Å². The molecule has 0 spiro atoms. The van der Waals surface area contributed by atoms with Gasteiger partial charge in [0, 0.05) is 23.3 Å². The van der Waals surface area contributed by atoms with E-state index in [4.69, 9.17) is 10.3 Å². The molecule has 0 aliphatic rings. The predicted molar refractivity (Wildman–Crippen MR) is 74.7 cm³/mol. The van der Waals surface area contributed by atoms with E-state index in [2.05, 4.69) is 15.5 Å². The maximum atomic E-state index is 5.92. The van der Waals surface area contributed by atoms with Crippen molar-refractivity contribution in [2.45, 2.75) is 13.5 Å². The molecule has 2 heterocycles. The van der Waals surface area contributed by atoms with E-state index in [1.165, 1.54) is 0 Å². The van der Waals surface area contributed by atoms with Crippen LogP contribution >= 0.6 is 0 Å². The number of anilines is 2. The van der Waals surface area contributed by atoms with E-state index in [0.717, 1.165) is 28.0 Å². The fraction of sp³-hybridized carbons (Fsp3) is 0.143. The van der Waals surface area contributed by atoms with Gasteiger partial charge >= 0.3 is 0 Å². The van der Waals surface area contributed by atoms with Gasteiger partial charge in [-0.2, -0.15) is 0 Å². The number of hydrogen-bond acceptors (Lipinski definition) is 5. The summed E-state index contributed by atoms with van der Waals surface area (Å²) in [7, 11) is 0. The first-order valence-electron chi connectivity index (χ1n) is 6.03. The van der Waals surface area contributed by atoms with Crippen LogP contribution in [0, 0.1) is 6.92 Å². The molecule has 0 saturated carbocycles. The summed E-state index contributed by atoms with van der Waals surface area (Å²) in [4.78, 5) is 4.30. The molecule has 0 bridgehead atoms. The number of benzene rings is 1. The van der Waals surface area contributed by atoms with Crippen molar-refractivity contribution in [3.05, 3.63) is 48.0 Å². The molecule has 0 unspecified atom stereocenters. The van der Waals surface area contributed by atoms with Crippen molar-refractivity contribution in [1.29, 1.82) is 0 Å². The summed E-state index contributed by atoms with van der Waals surface area (Å²) in [5.74, 6) is 0.806. The number of fused-ring (bicyclic) bond motifs is 1. The Morgan fingerprint density at radius 3 is 3.00 bits per heavy atom. The van der Waals surface area contributed by atoms with Gasteiger partial charge in [-0.25, -0.2) is 0 Å². The summed E-state index contributed by atoms with van der Waals surface area (Å²) in [6.07, 6.45) is 1.75. The zero-order valence-corrected chi connectivity index (χ0v) is 10.6. The van der Waals surface area contributed by atoms with Crippen molar-refractivity contribution in [2.24, 2.45) is 0 Å². The summed E-state index contributed by atoms with van der Waals surface area (Å²) in [6.45, 7) is 2.48. The second-order valence-corrected chi connectivity index (χ2v) is 4.38. The van der Waals surface area contributed by atoms with E-state index in [9.17, 15) is 0 Å². The van der Waals surface area contributed by atoms with Crippen LogP contribution in [0.5, 0.6) is 0 Å². The van der Waals surface area contributed by atoms with E-state index in [1.54, 1.807) is 6.20 Å². The molecule has 0 radical (unpaired) electrons. The number of para-hydroxylation sites is 1. The Morgan fingerprint density at radius 1 is 1.32 bits per heavy atom. The van der Waals surface area contributed by atoms with Gasteiger partial charge in [-0.15, -0.1) is 0 Å². The molecule has 19 heavy (non-hydrogen) atoms. The highest BCUT2D eigenvalue weighted by Gasteiger charge is 2.05. The van der Waals surface area contributed by atoms with Crippen molar-refractivity contribution < 1.29 is 4.52 Å². The lowest BCUT2D eigenvalue weighted by Crippen LogP contribution is -2.01. The fourth-order valence-corrected chi connectivity index (χ4v) is 2.04. The maximum Gasteiger partial charge on any atom is 0.133 e. The summed E-state index contributed by atoms with van der Waals surface area (Å²) >= 11 is 0. The van der Waals surface area contributed by atoms with E-state index in [1.807, 2.05) is 37.3 Å². The van der Waals surface area contributed by atoms with Crippen molar-refractivity contribution in [3.8, 4) is 0 Å². The van der Waals surface area contributed by atoms with Crippen molar-refractivity contribution in [2.75, 3.05) is 11.1 Å². The summed E-state index contributed by atoms with van der Waals surface area (Å²) in [5.41, 5.74) is 9.26. The Bertz CT molecular complexity index is 720. The number of hydrogen-bond donors (Lipinski definition) is 2. The minimum atomic E-state index is 0.602. The molecule has 1 aromatic carbocycles. The van der Waals surface area contributed by atoms with Crippen LogP contribution in [0.1, 0.15) is 11.5 Å². The molecule has 5 heteroatoms. The van der Waals surface area contributed by atoms with Gasteiger partial charge in [-0.1, -0.05) is 17.3 Å². The van der Waals surface area contributed by atoms with Crippen LogP contribution in [0.3, 0.4) is 0 Å². The van der Waals surface area contributed by atoms with Gasteiger partial charge in [0.15, 0.2) is 0 Å². The number of nitrogens with two attached hydrogens (primary N) is 1. The largest absolute Gasteiger partial charge is 0.397 e. The van der Waals surface area contributed by atoms with Crippen molar-refractivity contribution in [3.63, 3.8) is 0 Å². The van der Waals surface area contributed by atoms with Crippen LogP contribution in [-0.4, -0.2) is 10.1 Å². The van der Waals surface area contributed by atoms with Crippen LogP contribution in [0.15, 0.2) is 41.1 Å². The smallest absolute Gasteiger partial charge is 0.133 e. The molecule has 0 fully saturated rings. The molecular weight excluding hydrogens is 240 g/mol. The lowest BCUT2D eigenvalue weighted by Gasteiger charge is -2.08. The average Bonchev–Trinajstić information content (AvgIpc) is 2.83. The molecular formula is C14H14N4O. The zero-order valence-electron chi connectivity index (χ0n) is 10.6. The number of nitrogen functional groups attached to an aromatic ring is 1. The SMILES string of the molecule is Cc1cc(CNc2ccnc3c(N)cccc23)no1. The second kappa shape index (κ2) is 4.61. The number of aromatic nitrogens is 2. The highest BCUT2D eigenvalue weighted by atomic mass is 16.5. The number of nitrogens with one attached hydrogen (secondary N) is 1. The van der Waals surface area contributed by atoms with Gasteiger partial charge in [0.25, 0.3) is 0 Å². The van der Waals surface area contributed by atoms with Crippen molar-refractivity contribution in [1.82, 2.24) is 10.1 Å². The van der Waals surface area contributed by atoms with Crippen molar-refractivity contribution >= 4 is 22.3 Å². The average molecular weight is 254 g/mol. The highest BCUT2D eigenvalue weighted by Crippen LogP contribution is 2.25. The van der Waals surface area contributed by atoms with Crippen LogP contribution in [0.4, 0.5) is 11.4 Å². The van der Waals surface area contributed by atoms with Gasteiger partial charge in [0.05, 0.1) is 17.7 Å². The molecule has 5 nitrogen and oxygen atoms in total. The predicted octanol–water partition coefficient (Wildman–Crippen LogP) is 2.73. The minimum Gasteiger partial charge on any atom is -0.397 e. The van der Waals surface area contributed by atoms with Crippen LogP contribution in [-0.2, 0) is 6.54 Å².